The number of benzene rings is 2. The van der Waals surface area contributed by atoms with E-state index in [0.29, 0.717) is 22.1 Å². The predicted octanol–water partition coefficient (Wildman–Crippen LogP) is 2.58. The standard InChI is InChI=1S/C22H25N3O5/c1-14-8-9-15(2)18(12-14)30-11-10-19(26)24-25-20(27)22(3,23-21(25)28)16-6-5-7-17(13-16)29-4/h5-9,12-13H,10-11H2,1-4H3,(H,23,28)(H,24,26)/t22-/m1/s1. The van der Waals surface area contributed by atoms with Gasteiger partial charge in [0.05, 0.1) is 20.1 Å². The Balaban J connectivity index is 1.62. The Kier molecular flexibility index (Phi) is 5.96. The van der Waals surface area contributed by atoms with E-state index in [1.165, 1.54) is 7.11 Å². The van der Waals surface area contributed by atoms with Crippen molar-refractivity contribution in [2.24, 2.45) is 0 Å². The predicted molar refractivity (Wildman–Crippen MR) is 110 cm³/mol. The molecule has 1 heterocycles. The van der Waals surface area contributed by atoms with Crippen molar-refractivity contribution in [1.29, 1.82) is 0 Å². The summed E-state index contributed by atoms with van der Waals surface area (Å²) in [6.07, 6.45) is -0.0136. The number of carbonyl (C=O) groups excluding carboxylic acids is 3. The number of urea groups is 1. The van der Waals surface area contributed by atoms with Gasteiger partial charge in [-0.3, -0.25) is 15.0 Å². The third kappa shape index (κ3) is 4.22. The maximum Gasteiger partial charge on any atom is 0.344 e. The maximum atomic E-state index is 12.9. The molecule has 2 N–H and O–H groups in total. The normalized spacial score (nSPS) is 18.2. The monoisotopic (exact) mass is 411 g/mol. The van der Waals surface area contributed by atoms with E-state index in [9.17, 15) is 14.4 Å². The number of amides is 4. The van der Waals surface area contributed by atoms with E-state index in [1.54, 1.807) is 31.2 Å². The second-order valence-corrected chi connectivity index (χ2v) is 7.33. The summed E-state index contributed by atoms with van der Waals surface area (Å²) >= 11 is 0. The molecule has 2 aromatic carbocycles. The molecule has 1 fully saturated rings. The van der Waals surface area contributed by atoms with E-state index in [1.807, 2.05) is 32.0 Å². The van der Waals surface area contributed by atoms with Crippen LogP contribution in [0.5, 0.6) is 11.5 Å². The second kappa shape index (κ2) is 8.44. The number of rotatable bonds is 7. The maximum absolute atomic E-state index is 12.9. The number of aryl methyl sites for hydroxylation is 2. The molecule has 0 saturated carbocycles. The summed E-state index contributed by atoms with van der Waals surface area (Å²) in [5.41, 5.74) is 3.62. The van der Waals surface area contributed by atoms with Crippen molar-refractivity contribution in [2.45, 2.75) is 32.7 Å². The van der Waals surface area contributed by atoms with Crippen LogP contribution in [0.3, 0.4) is 0 Å². The lowest BCUT2D eigenvalue weighted by atomic mass is 9.92. The second-order valence-electron chi connectivity index (χ2n) is 7.33. The summed E-state index contributed by atoms with van der Waals surface area (Å²) < 4.78 is 10.9. The fourth-order valence-corrected chi connectivity index (χ4v) is 3.17. The molecule has 2 aromatic rings. The van der Waals surface area contributed by atoms with Gasteiger partial charge in [0.1, 0.15) is 17.0 Å². The van der Waals surface area contributed by atoms with Crippen LogP contribution in [0.4, 0.5) is 4.79 Å². The molecule has 1 aliphatic rings. The molecule has 1 atom stereocenters. The molecule has 8 heteroatoms. The summed E-state index contributed by atoms with van der Waals surface area (Å²) in [6.45, 7) is 5.57. The SMILES string of the molecule is COc1cccc([C@@]2(C)NC(=O)N(NC(=O)CCOc3cc(C)ccc3C)C2=O)c1. The van der Waals surface area contributed by atoms with E-state index in [4.69, 9.17) is 9.47 Å². The van der Waals surface area contributed by atoms with Crippen LogP contribution >= 0.6 is 0 Å². The van der Waals surface area contributed by atoms with Gasteiger partial charge in [0.15, 0.2) is 0 Å². The molecule has 8 nitrogen and oxygen atoms in total. The number of nitrogens with zero attached hydrogens (tertiary/aromatic N) is 1. The van der Waals surface area contributed by atoms with Crippen molar-refractivity contribution in [3.63, 3.8) is 0 Å². The van der Waals surface area contributed by atoms with E-state index < -0.39 is 23.4 Å². The van der Waals surface area contributed by atoms with Crippen LogP contribution in [0.15, 0.2) is 42.5 Å². The van der Waals surface area contributed by atoms with E-state index in [2.05, 4.69) is 10.7 Å². The molecule has 1 saturated heterocycles. The van der Waals surface area contributed by atoms with Gasteiger partial charge in [-0.15, -0.1) is 0 Å². The van der Waals surface area contributed by atoms with Crippen LogP contribution in [0.25, 0.3) is 0 Å². The number of hydrogen-bond acceptors (Lipinski definition) is 5. The van der Waals surface area contributed by atoms with Crippen LogP contribution in [-0.4, -0.2) is 36.6 Å². The molecule has 0 radical (unpaired) electrons. The zero-order valence-corrected chi connectivity index (χ0v) is 17.4. The number of nitrogens with one attached hydrogen (secondary N) is 2. The van der Waals surface area contributed by atoms with Gasteiger partial charge in [0.25, 0.3) is 5.91 Å². The topological polar surface area (TPSA) is 97.0 Å². The van der Waals surface area contributed by atoms with Gasteiger partial charge in [0, 0.05) is 0 Å². The van der Waals surface area contributed by atoms with Gasteiger partial charge in [-0.2, -0.15) is 5.01 Å². The van der Waals surface area contributed by atoms with E-state index in [-0.39, 0.29) is 13.0 Å². The van der Waals surface area contributed by atoms with E-state index >= 15 is 0 Å². The minimum atomic E-state index is -1.31. The quantitative estimate of drug-likeness (QED) is 0.683. The zero-order chi connectivity index (χ0) is 21.9. The fraction of sp³-hybridized carbons (Fsp3) is 0.318. The molecule has 30 heavy (non-hydrogen) atoms. The van der Waals surface area contributed by atoms with Crippen LogP contribution < -0.4 is 20.2 Å². The molecular formula is C22H25N3O5. The van der Waals surface area contributed by atoms with Crippen molar-refractivity contribution in [3.05, 3.63) is 59.2 Å². The van der Waals surface area contributed by atoms with Crippen LogP contribution in [0.2, 0.25) is 0 Å². The average Bonchev–Trinajstić information content (AvgIpc) is 2.94. The van der Waals surface area contributed by atoms with Gasteiger partial charge in [-0.05, 0) is 55.7 Å². The first-order valence-corrected chi connectivity index (χ1v) is 9.55. The lowest BCUT2D eigenvalue weighted by Gasteiger charge is -2.22. The first-order valence-electron chi connectivity index (χ1n) is 9.55. The number of carbonyl (C=O) groups is 3. The Morgan fingerprint density at radius 2 is 1.93 bits per heavy atom. The first-order chi connectivity index (χ1) is 14.2. The summed E-state index contributed by atoms with van der Waals surface area (Å²) in [6, 6.07) is 12.0. The van der Waals surface area contributed by atoms with Crippen LogP contribution in [0, 0.1) is 13.8 Å². The van der Waals surface area contributed by atoms with Crippen molar-refractivity contribution >= 4 is 17.8 Å². The van der Waals surface area contributed by atoms with Gasteiger partial charge in [-0.1, -0.05) is 24.3 Å². The molecule has 3 rings (SSSR count). The Morgan fingerprint density at radius 1 is 1.17 bits per heavy atom. The largest absolute Gasteiger partial charge is 0.497 e. The molecule has 0 aliphatic carbocycles. The molecule has 0 unspecified atom stereocenters. The molecule has 0 aromatic heterocycles. The molecule has 0 bridgehead atoms. The Hall–Kier alpha value is -3.55. The van der Waals surface area contributed by atoms with Crippen molar-refractivity contribution in [3.8, 4) is 11.5 Å². The van der Waals surface area contributed by atoms with E-state index in [0.717, 1.165) is 11.1 Å². The highest BCUT2D eigenvalue weighted by Gasteiger charge is 2.50. The van der Waals surface area contributed by atoms with Crippen molar-refractivity contribution in [1.82, 2.24) is 15.8 Å². The molecule has 4 amide bonds. The highest BCUT2D eigenvalue weighted by atomic mass is 16.5. The average molecular weight is 411 g/mol. The number of methoxy groups -OCH3 is 1. The van der Waals surface area contributed by atoms with Gasteiger partial charge < -0.3 is 14.8 Å². The Morgan fingerprint density at radius 3 is 2.67 bits per heavy atom. The summed E-state index contributed by atoms with van der Waals surface area (Å²) in [5, 5.41) is 3.34. The van der Waals surface area contributed by atoms with Crippen molar-refractivity contribution in [2.75, 3.05) is 13.7 Å². The minimum absolute atomic E-state index is 0.0136. The number of hydrazine groups is 1. The number of imide groups is 1. The van der Waals surface area contributed by atoms with Gasteiger partial charge in [0.2, 0.25) is 5.91 Å². The minimum Gasteiger partial charge on any atom is -0.497 e. The molecule has 0 spiro atoms. The number of hydrogen-bond donors (Lipinski definition) is 2. The lowest BCUT2D eigenvalue weighted by Crippen LogP contribution is -2.48. The summed E-state index contributed by atoms with van der Waals surface area (Å²) in [4.78, 5) is 37.6. The van der Waals surface area contributed by atoms with Crippen LogP contribution in [-0.2, 0) is 15.1 Å². The highest BCUT2D eigenvalue weighted by Crippen LogP contribution is 2.30. The Labute approximate surface area is 175 Å². The molecule has 1 aliphatic heterocycles. The summed E-state index contributed by atoms with van der Waals surface area (Å²) in [7, 11) is 1.52. The first kappa shape index (κ1) is 21.2. The summed E-state index contributed by atoms with van der Waals surface area (Å²) in [5.74, 6) is 0.175. The lowest BCUT2D eigenvalue weighted by molar-refractivity contribution is -0.139. The Bertz CT molecular complexity index is 990. The van der Waals surface area contributed by atoms with Crippen LogP contribution in [0.1, 0.15) is 30.0 Å². The third-order valence-corrected chi connectivity index (χ3v) is 5.00. The van der Waals surface area contributed by atoms with Crippen molar-refractivity contribution < 1.29 is 23.9 Å². The molecular weight excluding hydrogens is 386 g/mol. The zero-order valence-electron chi connectivity index (χ0n) is 17.4. The van der Waals surface area contributed by atoms with Gasteiger partial charge in [-0.25, -0.2) is 4.79 Å². The fourth-order valence-electron chi connectivity index (χ4n) is 3.17. The smallest absolute Gasteiger partial charge is 0.344 e. The van der Waals surface area contributed by atoms with Gasteiger partial charge >= 0.3 is 6.03 Å². The number of ether oxygens (including phenoxy) is 2. The third-order valence-electron chi connectivity index (χ3n) is 5.00. The molecule has 158 valence electrons. The highest BCUT2D eigenvalue weighted by molar-refractivity contribution is 6.08.